The van der Waals surface area contributed by atoms with Crippen LogP contribution in [0.15, 0.2) is 11.1 Å². The molecule has 0 aliphatic heterocycles. The van der Waals surface area contributed by atoms with Crippen LogP contribution in [0.5, 0.6) is 0 Å². The fourth-order valence-electron chi connectivity index (χ4n) is 1.46. The van der Waals surface area contributed by atoms with Crippen molar-refractivity contribution < 1.29 is 18.0 Å². The van der Waals surface area contributed by atoms with Crippen LogP contribution in [0, 0.1) is 5.41 Å². The van der Waals surface area contributed by atoms with E-state index < -0.39 is 22.5 Å². The smallest absolute Gasteiger partial charge is 0.366 e. The maximum absolute atomic E-state index is 12.5. The van der Waals surface area contributed by atoms with E-state index in [4.69, 9.17) is 5.41 Å². The van der Waals surface area contributed by atoms with Crippen molar-refractivity contribution in [3.05, 3.63) is 11.1 Å². The van der Waals surface area contributed by atoms with E-state index >= 15 is 0 Å². The second-order valence-corrected chi connectivity index (χ2v) is 4.24. The van der Waals surface area contributed by atoms with Gasteiger partial charge in [-0.1, -0.05) is 15.9 Å². The quantitative estimate of drug-likeness (QED) is 0.561. The summed E-state index contributed by atoms with van der Waals surface area (Å²) in [6, 6.07) is 0. The highest BCUT2D eigenvalue weighted by molar-refractivity contribution is 9.10. The Kier molecular flexibility index (Phi) is 3.22. The van der Waals surface area contributed by atoms with E-state index in [0.29, 0.717) is 6.42 Å². The van der Waals surface area contributed by atoms with Crippen molar-refractivity contribution in [1.29, 1.82) is 5.41 Å². The van der Waals surface area contributed by atoms with Crippen molar-refractivity contribution in [2.45, 2.75) is 23.8 Å². The third-order valence-electron chi connectivity index (χ3n) is 2.12. The van der Waals surface area contributed by atoms with Crippen molar-refractivity contribution in [3.63, 3.8) is 0 Å². The number of rotatable bonds is 1. The monoisotopic (exact) mass is 284 g/mol. The maximum Gasteiger partial charge on any atom is 0.422 e. The third-order valence-corrected chi connectivity index (χ3v) is 3.03. The Bertz CT molecular complexity index is 348. The number of primary amides is 1. The molecule has 1 unspecified atom stereocenters. The summed E-state index contributed by atoms with van der Waals surface area (Å²) >= 11 is 3.05. The molecule has 0 spiro atoms. The lowest BCUT2D eigenvalue weighted by Gasteiger charge is -2.11. The molecule has 3 nitrogen and oxygen atoms in total. The molecule has 1 atom stereocenters. The van der Waals surface area contributed by atoms with Gasteiger partial charge in [-0.25, -0.2) is 0 Å². The van der Waals surface area contributed by atoms with E-state index in [-0.39, 0.29) is 17.7 Å². The number of nitrogens with one attached hydrogen (secondary N) is 1. The van der Waals surface area contributed by atoms with Crippen LogP contribution in [0.25, 0.3) is 0 Å². The average Bonchev–Trinajstić information content (AvgIpc) is 2.33. The van der Waals surface area contributed by atoms with Gasteiger partial charge in [-0.3, -0.25) is 4.79 Å². The fraction of sp³-hybridized carbons (Fsp3) is 0.500. The summed E-state index contributed by atoms with van der Waals surface area (Å²) in [5, 5.41) is 7.40. The summed E-state index contributed by atoms with van der Waals surface area (Å²) < 4.78 is 37.4. The van der Waals surface area contributed by atoms with Gasteiger partial charge in [-0.2, -0.15) is 13.2 Å². The van der Waals surface area contributed by atoms with Crippen molar-refractivity contribution in [1.82, 2.24) is 0 Å². The van der Waals surface area contributed by atoms with Crippen LogP contribution < -0.4 is 5.73 Å². The topological polar surface area (TPSA) is 66.9 Å². The molecule has 1 aliphatic carbocycles. The molecule has 0 aromatic heterocycles. The van der Waals surface area contributed by atoms with E-state index in [0.717, 1.165) is 0 Å². The van der Waals surface area contributed by atoms with Gasteiger partial charge in [0.25, 0.3) is 5.91 Å². The molecule has 0 heterocycles. The van der Waals surface area contributed by atoms with Crippen molar-refractivity contribution >= 4 is 27.5 Å². The molecule has 3 N–H and O–H groups in total. The first-order chi connectivity index (χ1) is 6.75. The predicted molar refractivity (Wildman–Crippen MR) is 52.0 cm³/mol. The minimum Gasteiger partial charge on any atom is -0.366 e. The zero-order chi connectivity index (χ0) is 11.8. The zero-order valence-corrected chi connectivity index (χ0v) is 9.08. The number of carbonyl (C=O) groups is 1. The molecule has 84 valence electrons. The van der Waals surface area contributed by atoms with Gasteiger partial charge in [-0.15, -0.1) is 0 Å². The number of nitrogens with two attached hydrogens (primary N) is 1. The first-order valence-corrected chi connectivity index (χ1v) is 4.99. The molecular weight excluding hydrogens is 277 g/mol. The first kappa shape index (κ1) is 12.2. The van der Waals surface area contributed by atoms with Crippen molar-refractivity contribution in [2.24, 2.45) is 5.73 Å². The van der Waals surface area contributed by atoms with Crippen LogP contribution >= 0.6 is 15.9 Å². The molecule has 0 aromatic rings. The van der Waals surface area contributed by atoms with Crippen LogP contribution in [0.3, 0.4) is 0 Å². The Balaban J connectivity index is 3.25. The minimum atomic E-state index is -4.79. The third kappa shape index (κ3) is 2.39. The minimum absolute atomic E-state index is 0.0481. The highest BCUT2D eigenvalue weighted by Gasteiger charge is 2.43. The summed E-state index contributed by atoms with van der Waals surface area (Å²) in [4.78, 5) is 10.3. The molecule has 1 fully saturated rings. The lowest BCUT2D eigenvalue weighted by molar-refractivity contribution is -0.128. The SMILES string of the molecule is N=C1/C(=C(\C(N)=O)C(F)(F)F)CCC1Br. The number of allylic oxidation sites excluding steroid dienone is 1. The van der Waals surface area contributed by atoms with Crippen LogP contribution in [0.1, 0.15) is 12.8 Å². The van der Waals surface area contributed by atoms with Crippen LogP contribution in [0.4, 0.5) is 13.2 Å². The van der Waals surface area contributed by atoms with E-state index in [9.17, 15) is 18.0 Å². The summed E-state index contributed by atoms with van der Waals surface area (Å²) in [6.07, 6.45) is -4.36. The van der Waals surface area contributed by atoms with Gasteiger partial charge in [0.15, 0.2) is 0 Å². The summed E-state index contributed by atoms with van der Waals surface area (Å²) in [6.45, 7) is 0. The molecule has 0 bridgehead atoms. The molecule has 1 rings (SSSR count). The Morgan fingerprint density at radius 1 is 1.53 bits per heavy atom. The molecule has 0 aromatic carbocycles. The van der Waals surface area contributed by atoms with E-state index in [2.05, 4.69) is 21.7 Å². The second kappa shape index (κ2) is 3.96. The van der Waals surface area contributed by atoms with Crippen molar-refractivity contribution in [3.8, 4) is 0 Å². The van der Waals surface area contributed by atoms with Crippen LogP contribution in [-0.4, -0.2) is 22.6 Å². The first-order valence-electron chi connectivity index (χ1n) is 4.08. The predicted octanol–water partition coefficient (Wildman–Crippen LogP) is 1.91. The normalized spacial score (nSPS) is 25.6. The van der Waals surface area contributed by atoms with Gasteiger partial charge in [-0.05, 0) is 18.4 Å². The molecule has 7 heteroatoms. The highest BCUT2D eigenvalue weighted by atomic mass is 79.9. The van der Waals surface area contributed by atoms with E-state index in [1.807, 2.05) is 0 Å². The van der Waals surface area contributed by atoms with E-state index in [1.54, 1.807) is 0 Å². The van der Waals surface area contributed by atoms with Gasteiger partial charge in [0.2, 0.25) is 0 Å². The van der Waals surface area contributed by atoms with Gasteiger partial charge in [0.05, 0.1) is 4.83 Å². The summed E-state index contributed by atoms with van der Waals surface area (Å²) in [5.41, 5.74) is 2.79. The number of hydrogen-bond acceptors (Lipinski definition) is 2. The lowest BCUT2D eigenvalue weighted by atomic mass is 10.0. The van der Waals surface area contributed by atoms with Gasteiger partial charge in [0, 0.05) is 5.71 Å². The lowest BCUT2D eigenvalue weighted by Crippen LogP contribution is -2.29. The van der Waals surface area contributed by atoms with Crippen LogP contribution in [0.2, 0.25) is 0 Å². The molecule has 15 heavy (non-hydrogen) atoms. The van der Waals surface area contributed by atoms with Crippen LogP contribution in [-0.2, 0) is 4.79 Å². The Labute approximate surface area is 92.1 Å². The molecule has 0 radical (unpaired) electrons. The number of amides is 1. The number of alkyl halides is 4. The zero-order valence-electron chi connectivity index (χ0n) is 7.49. The van der Waals surface area contributed by atoms with Crippen molar-refractivity contribution in [2.75, 3.05) is 0 Å². The standard InChI is InChI=1S/C8H8BrF3N2O/c9-4-2-1-3(6(4)13)5(7(14)15)8(10,11)12/h4,13H,1-2H2,(H2,14,15)/b5-3+,13-6?. The number of hydrogen-bond donors (Lipinski definition) is 2. The fourth-order valence-corrected chi connectivity index (χ4v) is 1.96. The van der Waals surface area contributed by atoms with Gasteiger partial charge in [0.1, 0.15) is 5.57 Å². The van der Waals surface area contributed by atoms with Gasteiger partial charge < -0.3 is 11.1 Å². The molecule has 1 aliphatic rings. The van der Waals surface area contributed by atoms with Gasteiger partial charge >= 0.3 is 6.18 Å². The molecule has 1 amide bonds. The average molecular weight is 285 g/mol. The largest absolute Gasteiger partial charge is 0.422 e. The molecule has 0 saturated heterocycles. The Morgan fingerprint density at radius 2 is 2.07 bits per heavy atom. The Hall–Kier alpha value is -0.850. The number of halogens is 4. The molecule has 1 saturated carbocycles. The summed E-state index contributed by atoms with van der Waals surface area (Å²) in [7, 11) is 0. The second-order valence-electron chi connectivity index (χ2n) is 3.14. The highest BCUT2D eigenvalue weighted by Crippen LogP contribution is 2.36. The number of carbonyl (C=O) groups excluding carboxylic acids is 1. The summed E-state index contributed by atoms with van der Waals surface area (Å²) in [5.74, 6) is -1.52. The molecular formula is C8H8BrF3N2O. The maximum atomic E-state index is 12.5. The van der Waals surface area contributed by atoms with E-state index in [1.165, 1.54) is 0 Å². The Morgan fingerprint density at radius 3 is 2.33 bits per heavy atom.